The van der Waals surface area contributed by atoms with Crippen LogP contribution >= 0.6 is 23.3 Å². The van der Waals surface area contributed by atoms with Gasteiger partial charge in [0.2, 0.25) is 5.91 Å². The first-order valence-corrected chi connectivity index (χ1v) is 13.0. The number of ether oxygens (including phenoxy) is 1. The van der Waals surface area contributed by atoms with Gasteiger partial charge in [0.25, 0.3) is 0 Å². The lowest BCUT2D eigenvalue weighted by molar-refractivity contribution is -0.114. The molecule has 0 bridgehead atoms. The van der Waals surface area contributed by atoms with Gasteiger partial charge in [0.1, 0.15) is 10.6 Å². The van der Waals surface area contributed by atoms with Crippen molar-refractivity contribution in [2.24, 2.45) is 0 Å². The number of aromatic nitrogens is 1. The van der Waals surface area contributed by atoms with E-state index in [1.807, 2.05) is 62.5 Å². The SMILES string of the molecule is CC(=O)Nc1ccc(-c2cnc(-c3ccc(N4CC(C)(C)OC4=O)cc3)s2)c(SNC(C)(C)C)c1. The maximum Gasteiger partial charge on any atom is 0.415 e. The first kappa shape index (κ1) is 25.2. The van der Waals surface area contributed by atoms with Crippen LogP contribution in [0.25, 0.3) is 21.0 Å². The van der Waals surface area contributed by atoms with Crippen LogP contribution in [0.3, 0.4) is 0 Å². The number of carbonyl (C=O) groups is 2. The van der Waals surface area contributed by atoms with E-state index in [-0.39, 0.29) is 17.5 Å². The highest BCUT2D eigenvalue weighted by Gasteiger charge is 2.38. The molecule has 4 rings (SSSR count). The molecule has 9 heteroatoms. The predicted molar refractivity (Wildman–Crippen MR) is 144 cm³/mol. The standard InChI is InChI=1S/C26H30N4O3S2/c1-16(31)28-18-9-12-20(21(13-18)35-29-25(2,3)4)22-14-27-23(34-22)17-7-10-19(11-8-17)30-15-26(5,6)33-24(30)32/h7-14,29H,15H2,1-6H3,(H,28,31). The van der Waals surface area contributed by atoms with Crippen LogP contribution in [0.4, 0.5) is 16.2 Å². The second-order valence-corrected chi connectivity index (χ2v) is 12.0. The number of hydrogen-bond acceptors (Lipinski definition) is 7. The lowest BCUT2D eigenvalue weighted by Gasteiger charge is -2.20. The van der Waals surface area contributed by atoms with Gasteiger partial charge in [-0.3, -0.25) is 14.4 Å². The van der Waals surface area contributed by atoms with Crippen LogP contribution in [-0.2, 0) is 9.53 Å². The summed E-state index contributed by atoms with van der Waals surface area (Å²) in [5, 5.41) is 3.75. The van der Waals surface area contributed by atoms with Gasteiger partial charge in [-0.05, 0) is 83.0 Å². The average Bonchev–Trinajstić information content (AvgIpc) is 3.35. The summed E-state index contributed by atoms with van der Waals surface area (Å²) in [6.07, 6.45) is 1.55. The quantitative estimate of drug-likeness (QED) is 0.365. The number of anilines is 2. The Morgan fingerprint density at radius 1 is 1.17 bits per heavy atom. The Kier molecular flexibility index (Phi) is 6.95. The Morgan fingerprint density at radius 2 is 1.89 bits per heavy atom. The van der Waals surface area contributed by atoms with Crippen molar-refractivity contribution in [2.45, 2.75) is 57.6 Å². The molecular formula is C26H30N4O3S2. The van der Waals surface area contributed by atoms with Crippen LogP contribution in [0, 0.1) is 0 Å². The molecule has 0 radical (unpaired) electrons. The van der Waals surface area contributed by atoms with Crippen molar-refractivity contribution in [1.29, 1.82) is 0 Å². The van der Waals surface area contributed by atoms with Crippen LogP contribution in [-0.4, -0.2) is 34.7 Å². The number of cyclic esters (lactones) is 1. The number of nitrogens with one attached hydrogen (secondary N) is 2. The van der Waals surface area contributed by atoms with E-state index in [0.717, 1.165) is 37.3 Å². The van der Waals surface area contributed by atoms with E-state index in [1.54, 1.807) is 16.2 Å². The van der Waals surface area contributed by atoms with Crippen LogP contribution in [0.15, 0.2) is 53.6 Å². The summed E-state index contributed by atoms with van der Waals surface area (Å²) < 4.78 is 8.87. The molecule has 1 aliphatic rings. The van der Waals surface area contributed by atoms with E-state index in [1.165, 1.54) is 18.9 Å². The third-order valence-electron chi connectivity index (χ3n) is 5.09. The maximum atomic E-state index is 12.2. The number of thiazole rings is 1. The van der Waals surface area contributed by atoms with E-state index < -0.39 is 5.60 Å². The highest BCUT2D eigenvalue weighted by atomic mass is 32.2. The third-order valence-corrected chi connectivity index (χ3v) is 7.44. The molecular weight excluding hydrogens is 480 g/mol. The number of nitrogens with zero attached hydrogens (tertiary/aromatic N) is 2. The minimum atomic E-state index is -0.493. The molecule has 0 unspecified atom stereocenters. The van der Waals surface area contributed by atoms with Gasteiger partial charge in [-0.25, -0.2) is 9.78 Å². The van der Waals surface area contributed by atoms with Gasteiger partial charge >= 0.3 is 6.09 Å². The molecule has 0 saturated carbocycles. The summed E-state index contributed by atoms with van der Waals surface area (Å²) in [4.78, 5) is 32.1. The summed E-state index contributed by atoms with van der Waals surface area (Å²) in [6, 6.07) is 13.7. The topological polar surface area (TPSA) is 83.6 Å². The zero-order valence-electron chi connectivity index (χ0n) is 20.8. The Morgan fingerprint density at radius 3 is 2.49 bits per heavy atom. The Bertz CT molecular complexity index is 1250. The number of benzene rings is 2. The second-order valence-electron chi connectivity index (χ2n) is 10.1. The van der Waals surface area contributed by atoms with E-state index in [2.05, 4.69) is 35.8 Å². The molecule has 184 valence electrons. The minimum Gasteiger partial charge on any atom is -0.441 e. The Hall–Kier alpha value is -2.88. The third kappa shape index (κ3) is 6.22. The highest BCUT2D eigenvalue weighted by Crippen LogP contribution is 2.39. The van der Waals surface area contributed by atoms with Crippen molar-refractivity contribution in [3.8, 4) is 21.0 Å². The van der Waals surface area contributed by atoms with Crippen LogP contribution in [0.1, 0.15) is 41.5 Å². The number of rotatable bonds is 6. The zero-order valence-corrected chi connectivity index (χ0v) is 22.4. The van der Waals surface area contributed by atoms with Gasteiger partial charge < -0.3 is 10.1 Å². The summed E-state index contributed by atoms with van der Waals surface area (Å²) in [5.41, 5.74) is 3.01. The fourth-order valence-electron chi connectivity index (χ4n) is 3.58. The number of carbonyl (C=O) groups excluding carboxylic acids is 2. The van der Waals surface area contributed by atoms with E-state index in [4.69, 9.17) is 4.74 Å². The molecule has 0 spiro atoms. The minimum absolute atomic E-state index is 0.0798. The molecule has 3 aromatic rings. The first-order chi connectivity index (χ1) is 16.4. The maximum absolute atomic E-state index is 12.2. The molecule has 1 aromatic heterocycles. The van der Waals surface area contributed by atoms with Gasteiger partial charge in [0.15, 0.2) is 0 Å². The largest absolute Gasteiger partial charge is 0.441 e. The highest BCUT2D eigenvalue weighted by molar-refractivity contribution is 7.97. The van der Waals surface area contributed by atoms with Crippen LogP contribution in [0.2, 0.25) is 0 Å². The van der Waals surface area contributed by atoms with E-state index >= 15 is 0 Å². The lowest BCUT2D eigenvalue weighted by atomic mass is 10.1. The fraction of sp³-hybridized carbons (Fsp3) is 0.346. The van der Waals surface area contributed by atoms with Gasteiger partial charge in [-0.2, -0.15) is 0 Å². The van der Waals surface area contributed by atoms with Crippen LogP contribution in [0.5, 0.6) is 0 Å². The molecule has 7 nitrogen and oxygen atoms in total. The monoisotopic (exact) mass is 510 g/mol. The number of amides is 2. The molecule has 2 amide bonds. The molecule has 35 heavy (non-hydrogen) atoms. The van der Waals surface area contributed by atoms with Gasteiger partial charge in [-0.1, -0.05) is 6.07 Å². The van der Waals surface area contributed by atoms with E-state index in [9.17, 15) is 9.59 Å². The second kappa shape index (κ2) is 9.64. The zero-order chi connectivity index (χ0) is 25.4. The summed E-state index contributed by atoms with van der Waals surface area (Å²) >= 11 is 3.14. The molecule has 0 aliphatic carbocycles. The molecule has 1 saturated heterocycles. The van der Waals surface area contributed by atoms with Gasteiger partial charge in [0, 0.05) is 46.1 Å². The van der Waals surface area contributed by atoms with Crippen molar-refractivity contribution in [3.05, 3.63) is 48.7 Å². The molecule has 1 fully saturated rings. The normalized spacial score (nSPS) is 15.3. The van der Waals surface area contributed by atoms with Crippen molar-refractivity contribution < 1.29 is 14.3 Å². The van der Waals surface area contributed by atoms with Crippen molar-refractivity contribution in [2.75, 3.05) is 16.8 Å². The fourth-order valence-corrected chi connectivity index (χ4v) is 5.50. The predicted octanol–water partition coefficient (Wildman–Crippen LogP) is 6.57. The average molecular weight is 511 g/mol. The molecule has 1 aliphatic heterocycles. The van der Waals surface area contributed by atoms with Crippen molar-refractivity contribution in [1.82, 2.24) is 9.71 Å². The molecule has 2 heterocycles. The van der Waals surface area contributed by atoms with E-state index in [0.29, 0.717) is 6.54 Å². The first-order valence-electron chi connectivity index (χ1n) is 11.3. The van der Waals surface area contributed by atoms with Gasteiger partial charge in [0.05, 0.1) is 11.4 Å². The Balaban J connectivity index is 1.59. The van der Waals surface area contributed by atoms with Gasteiger partial charge in [-0.15, -0.1) is 11.3 Å². The summed E-state index contributed by atoms with van der Waals surface area (Å²) in [7, 11) is 0. The van der Waals surface area contributed by atoms with Crippen LogP contribution < -0.4 is 14.9 Å². The Labute approximate surface area is 214 Å². The molecule has 2 aromatic carbocycles. The number of hydrogen-bond donors (Lipinski definition) is 2. The van der Waals surface area contributed by atoms with Crippen molar-refractivity contribution >= 4 is 46.7 Å². The lowest BCUT2D eigenvalue weighted by Crippen LogP contribution is -2.29. The summed E-state index contributed by atoms with van der Waals surface area (Å²) in [5.74, 6) is -0.105. The smallest absolute Gasteiger partial charge is 0.415 e. The summed E-state index contributed by atoms with van der Waals surface area (Å²) in [6.45, 7) is 12.1. The molecule has 2 N–H and O–H groups in total. The van der Waals surface area contributed by atoms with Crippen molar-refractivity contribution in [3.63, 3.8) is 0 Å². The molecule has 0 atom stereocenters.